The molecule has 0 heterocycles. The molecule has 3 aliphatic rings. The van der Waals surface area contributed by atoms with Crippen molar-refractivity contribution in [1.82, 2.24) is 0 Å². The second-order valence-electron chi connectivity index (χ2n) is 11.5. The van der Waals surface area contributed by atoms with E-state index < -0.39 is 0 Å². The fourth-order valence-electron chi connectivity index (χ4n) is 6.92. The molecule has 3 heteroatoms. The van der Waals surface area contributed by atoms with E-state index in [0.29, 0.717) is 17.7 Å². The van der Waals surface area contributed by atoms with E-state index in [9.17, 15) is 4.79 Å². The Morgan fingerprint density at radius 2 is 1.42 bits per heavy atom. The summed E-state index contributed by atoms with van der Waals surface area (Å²) in [6.07, 6.45) is 20.4. The highest BCUT2D eigenvalue weighted by molar-refractivity contribution is 5.75. The number of hydrogen-bond acceptors (Lipinski definition) is 3. The van der Waals surface area contributed by atoms with Crippen LogP contribution in [0.5, 0.6) is 5.75 Å². The number of nitrogens with two attached hydrogens (primary N) is 1. The fraction of sp³-hybridized carbons (Fsp3) is 0.767. The Labute approximate surface area is 202 Å². The molecule has 0 unspecified atom stereocenters. The minimum Gasteiger partial charge on any atom is -0.426 e. The van der Waals surface area contributed by atoms with Crippen LogP contribution in [0.1, 0.15) is 121 Å². The minimum atomic E-state index is -0.00975. The highest BCUT2D eigenvalue weighted by Crippen LogP contribution is 2.42. The largest absolute Gasteiger partial charge is 0.426 e. The summed E-state index contributed by atoms with van der Waals surface area (Å²) in [5.41, 5.74) is 7.41. The van der Waals surface area contributed by atoms with Gasteiger partial charge in [0.15, 0.2) is 0 Å². The first-order chi connectivity index (χ1) is 16.1. The van der Waals surface area contributed by atoms with Gasteiger partial charge in [-0.15, -0.1) is 0 Å². The molecule has 0 aromatic heterocycles. The normalized spacial score (nSPS) is 32.9. The molecule has 3 fully saturated rings. The fourth-order valence-corrected chi connectivity index (χ4v) is 6.92. The van der Waals surface area contributed by atoms with Gasteiger partial charge in [0.2, 0.25) is 0 Å². The van der Waals surface area contributed by atoms with Crippen molar-refractivity contribution in [1.29, 1.82) is 0 Å². The van der Waals surface area contributed by atoms with Crippen LogP contribution in [-0.2, 0) is 4.79 Å². The Kier molecular flexibility index (Phi) is 9.29. The first-order valence-corrected chi connectivity index (χ1v) is 14.2. The van der Waals surface area contributed by atoms with Gasteiger partial charge in [-0.2, -0.15) is 0 Å². The lowest BCUT2D eigenvalue weighted by atomic mass is 9.68. The number of ether oxygens (including phenoxy) is 1. The standard InChI is InChI=1S/C30H47NO2/c1-2-3-4-5-22-6-8-23(9-7-22)24-10-12-27(13-11-24)30(32)33-29-20-16-26(17-21-29)25-14-18-28(31)19-15-25/h16-17,20-25,27-28H,2-15,18-19,31H2,1H3. The Morgan fingerprint density at radius 3 is 2.03 bits per heavy atom. The van der Waals surface area contributed by atoms with Crippen LogP contribution < -0.4 is 10.5 Å². The summed E-state index contributed by atoms with van der Waals surface area (Å²) >= 11 is 0. The number of unbranched alkanes of at least 4 members (excludes halogenated alkanes) is 2. The molecule has 3 nitrogen and oxygen atoms in total. The highest BCUT2D eigenvalue weighted by atomic mass is 16.5. The van der Waals surface area contributed by atoms with Crippen LogP contribution >= 0.6 is 0 Å². The Bertz CT molecular complexity index is 705. The Morgan fingerprint density at radius 1 is 0.818 bits per heavy atom. The molecule has 0 aliphatic heterocycles. The molecule has 1 aromatic carbocycles. The third kappa shape index (κ3) is 7.07. The van der Waals surface area contributed by atoms with Crippen LogP contribution in [0.25, 0.3) is 0 Å². The van der Waals surface area contributed by atoms with Gasteiger partial charge >= 0.3 is 5.97 Å². The molecule has 3 aliphatic carbocycles. The molecule has 2 N–H and O–H groups in total. The molecule has 0 saturated heterocycles. The number of rotatable bonds is 8. The summed E-state index contributed by atoms with van der Waals surface area (Å²) in [4.78, 5) is 12.8. The zero-order chi connectivity index (χ0) is 23.0. The zero-order valence-corrected chi connectivity index (χ0v) is 21.0. The second-order valence-corrected chi connectivity index (χ2v) is 11.5. The average molecular weight is 454 g/mol. The van der Waals surface area contributed by atoms with Gasteiger partial charge < -0.3 is 10.5 Å². The monoisotopic (exact) mass is 453 g/mol. The van der Waals surface area contributed by atoms with E-state index in [4.69, 9.17) is 10.5 Å². The molecular weight excluding hydrogens is 406 g/mol. The summed E-state index contributed by atoms with van der Waals surface area (Å²) in [7, 11) is 0. The maximum Gasteiger partial charge on any atom is 0.314 e. The van der Waals surface area contributed by atoms with E-state index in [1.165, 1.54) is 82.6 Å². The van der Waals surface area contributed by atoms with Gasteiger partial charge in [-0.05, 0) is 106 Å². The quantitative estimate of drug-likeness (QED) is 0.248. The molecule has 0 amide bonds. The molecule has 0 spiro atoms. The molecule has 0 radical (unpaired) electrons. The van der Waals surface area contributed by atoms with Crippen molar-refractivity contribution in [2.75, 3.05) is 0 Å². The summed E-state index contributed by atoms with van der Waals surface area (Å²) in [5.74, 6) is 4.13. The number of hydrogen-bond donors (Lipinski definition) is 1. The third-order valence-electron chi connectivity index (χ3n) is 9.22. The van der Waals surface area contributed by atoms with Crippen molar-refractivity contribution in [3.8, 4) is 5.75 Å². The Balaban J connectivity index is 1.17. The molecular formula is C30H47NO2. The summed E-state index contributed by atoms with van der Waals surface area (Å²) in [5, 5.41) is 0. The van der Waals surface area contributed by atoms with E-state index in [-0.39, 0.29) is 11.9 Å². The smallest absolute Gasteiger partial charge is 0.314 e. The predicted molar refractivity (Wildman–Crippen MR) is 136 cm³/mol. The van der Waals surface area contributed by atoms with E-state index in [2.05, 4.69) is 19.1 Å². The number of carbonyl (C=O) groups is 1. The zero-order valence-electron chi connectivity index (χ0n) is 21.0. The van der Waals surface area contributed by atoms with Gasteiger partial charge in [-0.1, -0.05) is 57.6 Å². The van der Waals surface area contributed by atoms with Crippen molar-refractivity contribution >= 4 is 5.97 Å². The number of carbonyl (C=O) groups excluding carboxylic acids is 1. The average Bonchev–Trinajstić information content (AvgIpc) is 2.86. The molecule has 184 valence electrons. The van der Waals surface area contributed by atoms with Crippen LogP contribution in [0, 0.1) is 23.7 Å². The van der Waals surface area contributed by atoms with Gasteiger partial charge in [0.25, 0.3) is 0 Å². The number of esters is 1. The second kappa shape index (κ2) is 12.4. The van der Waals surface area contributed by atoms with Crippen molar-refractivity contribution < 1.29 is 9.53 Å². The highest BCUT2D eigenvalue weighted by Gasteiger charge is 2.33. The first kappa shape index (κ1) is 24.8. The molecule has 33 heavy (non-hydrogen) atoms. The third-order valence-corrected chi connectivity index (χ3v) is 9.22. The summed E-state index contributed by atoms with van der Waals surface area (Å²) in [6.45, 7) is 2.30. The molecule has 0 bridgehead atoms. The van der Waals surface area contributed by atoms with Crippen molar-refractivity contribution in [2.45, 2.75) is 122 Å². The van der Waals surface area contributed by atoms with E-state index in [1.807, 2.05) is 12.1 Å². The van der Waals surface area contributed by atoms with E-state index >= 15 is 0 Å². The topological polar surface area (TPSA) is 52.3 Å². The predicted octanol–water partition coefficient (Wildman–Crippen LogP) is 7.77. The van der Waals surface area contributed by atoms with Gasteiger partial charge in [0, 0.05) is 6.04 Å². The van der Waals surface area contributed by atoms with Gasteiger partial charge in [-0.3, -0.25) is 4.79 Å². The molecule has 1 aromatic rings. The van der Waals surface area contributed by atoms with Crippen LogP contribution in [-0.4, -0.2) is 12.0 Å². The SMILES string of the molecule is CCCCCC1CCC(C2CCC(C(=O)Oc3ccc(C4CCC(N)CC4)cc3)CC2)CC1. The van der Waals surface area contributed by atoms with Crippen LogP contribution in [0.3, 0.4) is 0 Å². The van der Waals surface area contributed by atoms with Gasteiger partial charge in [0.05, 0.1) is 5.92 Å². The van der Waals surface area contributed by atoms with Crippen LogP contribution in [0.15, 0.2) is 24.3 Å². The lowest BCUT2D eigenvalue weighted by Crippen LogP contribution is -2.30. The minimum absolute atomic E-state index is 0.00975. The maximum atomic E-state index is 12.8. The lowest BCUT2D eigenvalue weighted by Gasteiger charge is -2.37. The summed E-state index contributed by atoms with van der Waals surface area (Å²) < 4.78 is 5.80. The number of benzene rings is 1. The van der Waals surface area contributed by atoms with Crippen molar-refractivity contribution in [3.05, 3.63) is 29.8 Å². The maximum absolute atomic E-state index is 12.8. The van der Waals surface area contributed by atoms with Crippen molar-refractivity contribution in [2.24, 2.45) is 29.4 Å². The van der Waals surface area contributed by atoms with Gasteiger partial charge in [0.1, 0.15) is 5.75 Å². The molecule has 4 rings (SSSR count). The van der Waals surface area contributed by atoms with Crippen LogP contribution in [0.2, 0.25) is 0 Å². The lowest BCUT2D eigenvalue weighted by molar-refractivity contribution is -0.140. The Hall–Kier alpha value is -1.35. The van der Waals surface area contributed by atoms with Crippen molar-refractivity contribution in [3.63, 3.8) is 0 Å². The molecule has 3 saturated carbocycles. The van der Waals surface area contributed by atoms with E-state index in [0.717, 1.165) is 43.4 Å². The first-order valence-electron chi connectivity index (χ1n) is 14.2. The van der Waals surface area contributed by atoms with Gasteiger partial charge in [-0.25, -0.2) is 0 Å². The summed E-state index contributed by atoms with van der Waals surface area (Å²) in [6, 6.07) is 8.67. The van der Waals surface area contributed by atoms with E-state index in [1.54, 1.807) is 0 Å². The molecule has 0 atom stereocenters. The van der Waals surface area contributed by atoms with Crippen LogP contribution in [0.4, 0.5) is 0 Å².